The van der Waals surface area contributed by atoms with E-state index in [0.29, 0.717) is 12.2 Å². The molecule has 0 aromatic heterocycles. The van der Waals surface area contributed by atoms with Gasteiger partial charge in [0.1, 0.15) is 0 Å². The lowest BCUT2D eigenvalue weighted by Crippen LogP contribution is -2.23. The van der Waals surface area contributed by atoms with E-state index in [0.717, 1.165) is 3.92 Å². The summed E-state index contributed by atoms with van der Waals surface area (Å²) >= 11 is 2.58. The molecule has 1 nitrogen and oxygen atoms in total. The summed E-state index contributed by atoms with van der Waals surface area (Å²) in [5.74, 6) is 0. The zero-order chi connectivity index (χ0) is 8.39. The van der Waals surface area contributed by atoms with Gasteiger partial charge in [0.15, 0.2) is 0 Å². The Bertz CT molecular complexity index is 145. The van der Waals surface area contributed by atoms with E-state index < -0.39 is 0 Å². The Morgan fingerprint density at radius 3 is 2.42 bits per heavy atom. The molecule has 2 aliphatic carbocycles. The summed E-state index contributed by atoms with van der Waals surface area (Å²) in [7, 11) is 0. The van der Waals surface area contributed by atoms with Crippen molar-refractivity contribution in [1.82, 2.24) is 0 Å². The predicted octanol–water partition coefficient (Wildman–Crippen LogP) is 3.30. The van der Waals surface area contributed by atoms with Gasteiger partial charge in [-0.1, -0.05) is 41.9 Å². The highest BCUT2D eigenvalue weighted by Crippen LogP contribution is 2.32. The van der Waals surface area contributed by atoms with Crippen LogP contribution in [-0.4, -0.2) is 16.1 Å². The molecule has 0 saturated heterocycles. The van der Waals surface area contributed by atoms with E-state index in [-0.39, 0.29) is 0 Å². The van der Waals surface area contributed by atoms with Crippen molar-refractivity contribution < 1.29 is 4.74 Å². The first kappa shape index (κ1) is 9.25. The fraction of sp³-hybridized carbons (Fsp3) is 1.00. The maximum atomic E-state index is 5.99. The first-order valence-electron chi connectivity index (χ1n) is 5.16. The van der Waals surface area contributed by atoms with Crippen molar-refractivity contribution >= 4 is 22.6 Å². The van der Waals surface area contributed by atoms with Gasteiger partial charge in [-0.15, -0.1) is 0 Å². The molecule has 0 radical (unpaired) electrons. The number of alkyl halides is 1. The van der Waals surface area contributed by atoms with E-state index in [9.17, 15) is 0 Å². The SMILES string of the molecule is IC1CCCCCC1OC1CC1. The average Bonchev–Trinajstić information content (AvgIpc) is 2.84. The van der Waals surface area contributed by atoms with Crippen molar-refractivity contribution in [3.05, 3.63) is 0 Å². The molecule has 0 heterocycles. The Kier molecular flexibility index (Phi) is 3.29. The molecule has 2 saturated carbocycles. The van der Waals surface area contributed by atoms with Crippen LogP contribution in [0, 0.1) is 0 Å². The van der Waals surface area contributed by atoms with Gasteiger partial charge in [-0.2, -0.15) is 0 Å². The Hall–Kier alpha value is 0.690. The molecule has 0 aliphatic heterocycles. The molecule has 0 aromatic rings. The van der Waals surface area contributed by atoms with E-state index in [1.165, 1.54) is 44.9 Å². The molecule has 2 atom stereocenters. The zero-order valence-corrected chi connectivity index (χ0v) is 9.63. The largest absolute Gasteiger partial charge is 0.374 e. The third kappa shape index (κ3) is 2.59. The molecule has 0 aromatic carbocycles. The maximum Gasteiger partial charge on any atom is 0.0696 e. The number of hydrogen-bond donors (Lipinski definition) is 0. The molecule has 70 valence electrons. The van der Waals surface area contributed by atoms with Crippen LogP contribution in [-0.2, 0) is 4.74 Å². The number of halogens is 1. The van der Waals surface area contributed by atoms with Crippen LogP contribution < -0.4 is 0 Å². The summed E-state index contributed by atoms with van der Waals surface area (Å²) in [5, 5.41) is 0. The fourth-order valence-corrected chi connectivity index (χ4v) is 2.80. The van der Waals surface area contributed by atoms with Crippen molar-refractivity contribution in [3.8, 4) is 0 Å². The number of rotatable bonds is 2. The van der Waals surface area contributed by atoms with E-state index in [4.69, 9.17) is 4.74 Å². The van der Waals surface area contributed by atoms with E-state index >= 15 is 0 Å². The van der Waals surface area contributed by atoms with Crippen LogP contribution in [0.5, 0.6) is 0 Å². The van der Waals surface area contributed by atoms with Crippen molar-refractivity contribution in [1.29, 1.82) is 0 Å². The third-order valence-electron chi connectivity index (χ3n) is 2.76. The molecular weight excluding hydrogens is 263 g/mol. The van der Waals surface area contributed by atoms with Gasteiger partial charge in [0.25, 0.3) is 0 Å². The molecule has 0 spiro atoms. The van der Waals surface area contributed by atoms with Crippen molar-refractivity contribution in [3.63, 3.8) is 0 Å². The van der Waals surface area contributed by atoms with Gasteiger partial charge in [0.05, 0.1) is 12.2 Å². The van der Waals surface area contributed by atoms with Gasteiger partial charge >= 0.3 is 0 Å². The Morgan fingerprint density at radius 1 is 0.917 bits per heavy atom. The minimum Gasteiger partial charge on any atom is -0.374 e. The standard InChI is InChI=1S/C10H17IO/c11-9-4-2-1-3-5-10(9)12-8-6-7-8/h8-10H,1-7H2. The van der Waals surface area contributed by atoms with Gasteiger partial charge in [-0.3, -0.25) is 0 Å². The Morgan fingerprint density at radius 2 is 1.67 bits per heavy atom. The van der Waals surface area contributed by atoms with Crippen LogP contribution in [0.4, 0.5) is 0 Å². The van der Waals surface area contributed by atoms with E-state index in [1.807, 2.05) is 0 Å². The lowest BCUT2D eigenvalue weighted by molar-refractivity contribution is 0.0372. The van der Waals surface area contributed by atoms with Gasteiger partial charge in [-0.25, -0.2) is 0 Å². The highest BCUT2D eigenvalue weighted by Gasteiger charge is 2.30. The minimum atomic E-state index is 0.584. The molecule has 2 aliphatic rings. The molecule has 0 N–H and O–H groups in total. The van der Waals surface area contributed by atoms with Crippen LogP contribution in [0.15, 0.2) is 0 Å². The summed E-state index contributed by atoms with van der Waals surface area (Å²) in [6.45, 7) is 0. The van der Waals surface area contributed by atoms with Crippen LogP contribution >= 0.6 is 22.6 Å². The van der Waals surface area contributed by atoms with Crippen LogP contribution in [0.3, 0.4) is 0 Å². The number of ether oxygens (including phenoxy) is 1. The van der Waals surface area contributed by atoms with Crippen LogP contribution in [0.2, 0.25) is 0 Å². The van der Waals surface area contributed by atoms with Crippen molar-refractivity contribution in [2.45, 2.75) is 61.1 Å². The molecular formula is C10H17IO. The molecule has 0 bridgehead atoms. The predicted molar refractivity (Wildman–Crippen MR) is 58.8 cm³/mol. The average molecular weight is 280 g/mol. The second kappa shape index (κ2) is 4.27. The van der Waals surface area contributed by atoms with E-state index in [1.54, 1.807) is 0 Å². The molecule has 2 fully saturated rings. The topological polar surface area (TPSA) is 9.23 Å². The van der Waals surface area contributed by atoms with Crippen LogP contribution in [0.25, 0.3) is 0 Å². The third-order valence-corrected chi connectivity index (χ3v) is 4.19. The summed E-state index contributed by atoms with van der Waals surface area (Å²) in [4.78, 5) is 0. The van der Waals surface area contributed by atoms with Crippen LogP contribution in [0.1, 0.15) is 44.9 Å². The Labute approximate surface area is 88.4 Å². The fourth-order valence-electron chi connectivity index (χ4n) is 1.83. The quantitative estimate of drug-likeness (QED) is 0.428. The van der Waals surface area contributed by atoms with E-state index in [2.05, 4.69) is 22.6 Å². The molecule has 2 heteroatoms. The summed E-state index contributed by atoms with van der Waals surface area (Å²) in [6, 6.07) is 0. The highest BCUT2D eigenvalue weighted by atomic mass is 127. The number of hydrogen-bond acceptors (Lipinski definition) is 1. The minimum absolute atomic E-state index is 0.584. The first-order valence-corrected chi connectivity index (χ1v) is 6.40. The monoisotopic (exact) mass is 280 g/mol. The normalized spacial score (nSPS) is 37.8. The molecule has 2 unspecified atom stereocenters. The summed E-state index contributed by atoms with van der Waals surface area (Å²) < 4.78 is 6.77. The summed E-state index contributed by atoms with van der Waals surface area (Å²) in [6.07, 6.45) is 10.8. The van der Waals surface area contributed by atoms with Gasteiger partial charge in [0.2, 0.25) is 0 Å². The van der Waals surface area contributed by atoms with Gasteiger partial charge < -0.3 is 4.74 Å². The molecule has 0 amide bonds. The molecule has 2 rings (SSSR count). The molecule has 12 heavy (non-hydrogen) atoms. The second-order valence-corrected chi connectivity index (χ2v) is 5.63. The highest BCUT2D eigenvalue weighted by molar-refractivity contribution is 14.1. The summed E-state index contributed by atoms with van der Waals surface area (Å²) in [5.41, 5.74) is 0. The van der Waals surface area contributed by atoms with Gasteiger partial charge in [0, 0.05) is 3.92 Å². The van der Waals surface area contributed by atoms with Gasteiger partial charge in [-0.05, 0) is 25.7 Å². The Balaban J connectivity index is 1.81. The van der Waals surface area contributed by atoms with Crippen molar-refractivity contribution in [2.24, 2.45) is 0 Å². The smallest absolute Gasteiger partial charge is 0.0696 e. The first-order chi connectivity index (χ1) is 5.86. The lowest BCUT2D eigenvalue weighted by Gasteiger charge is -2.20. The maximum absolute atomic E-state index is 5.99. The van der Waals surface area contributed by atoms with Crippen molar-refractivity contribution in [2.75, 3.05) is 0 Å². The second-order valence-electron chi connectivity index (χ2n) is 4.03. The zero-order valence-electron chi connectivity index (χ0n) is 7.47. The lowest BCUT2D eigenvalue weighted by atomic mass is 10.1.